The number of oxime groups is 1. The van der Waals surface area contributed by atoms with E-state index in [4.69, 9.17) is 0 Å². The van der Waals surface area contributed by atoms with Crippen LogP contribution in [0.1, 0.15) is 11.1 Å². The molecule has 0 aliphatic rings. The molecule has 0 radical (unpaired) electrons. The first kappa shape index (κ1) is 14.5. The SMILES string of the molecule is Cc1ccc(/C(=N\OS(C)(=O)=O)C(F)(F)F)cc1. The summed E-state index contributed by atoms with van der Waals surface area (Å²) in [6, 6.07) is 5.29. The summed E-state index contributed by atoms with van der Waals surface area (Å²) in [7, 11) is -4.08. The van der Waals surface area contributed by atoms with Crippen molar-refractivity contribution >= 4 is 15.8 Å². The molecular weight excluding hydrogens is 271 g/mol. The number of hydrogen-bond acceptors (Lipinski definition) is 4. The van der Waals surface area contributed by atoms with Gasteiger partial charge in [0.25, 0.3) is 0 Å². The quantitative estimate of drug-likeness (QED) is 0.630. The van der Waals surface area contributed by atoms with Crippen molar-refractivity contribution in [3.63, 3.8) is 0 Å². The van der Waals surface area contributed by atoms with Crippen LogP contribution in [-0.2, 0) is 14.4 Å². The highest BCUT2D eigenvalue weighted by molar-refractivity contribution is 7.85. The molecule has 0 unspecified atom stereocenters. The van der Waals surface area contributed by atoms with Gasteiger partial charge < -0.3 is 0 Å². The highest BCUT2D eigenvalue weighted by Gasteiger charge is 2.38. The minimum Gasteiger partial charge on any atom is -0.268 e. The number of benzene rings is 1. The Hall–Kier alpha value is -1.57. The topological polar surface area (TPSA) is 55.7 Å². The Bertz CT molecular complexity index is 547. The molecule has 0 N–H and O–H groups in total. The molecular formula is C10H10F3NO3S. The predicted molar refractivity (Wildman–Crippen MR) is 59.7 cm³/mol. The van der Waals surface area contributed by atoms with E-state index in [0.29, 0.717) is 6.26 Å². The van der Waals surface area contributed by atoms with Gasteiger partial charge in [-0.15, -0.1) is 0 Å². The third kappa shape index (κ3) is 4.36. The molecule has 0 aliphatic heterocycles. The van der Waals surface area contributed by atoms with Gasteiger partial charge in [0.15, 0.2) is 5.71 Å². The zero-order valence-corrected chi connectivity index (χ0v) is 10.3. The maximum absolute atomic E-state index is 12.7. The first-order valence-corrected chi connectivity index (χ1v) is 6.52. The molecule has 0 saturated carbocycles. The van der Waals surface area contributed by atoms with E-state index < -0.39 is 22.0 Å². The zero-order chi connectivity index (χ0) is 14.0. The summed E-state index contributed by atoms with van der Waals surface area (Å²) < 4.78 is 63.2. The highest BCUT2D eigenvalue weighted by atomic mass is 32.2. The average Bonchev–Trinajstić information content (AvgIpc) is 2.17. The molecule has 1 rings (SSSR count). The predicted octanol–water partition coefficient (Wildman–Crippen LogP) is 2.24. The van der Waals surface area contributed by atoms with Gasteiger partial charge >= 0.3 is 16.3 Å². The normalized spacial score (nSPS) is 13.5. The molecule has 0 saturated heterocycles. The van der Waals surface area contributed by atoms with Crippen LogP contribution in [0.3, 0.4) is 0 Å². The number of halogens is 3. The lowest BCUT2D eigenvalue weighted by atomic mass is 10.1. The van der Waals surface area contributed by atoms with Gasteiger partial charge in [-0.3, -0.25) is 4.28 Å². The van der Waals surface area contributed by atoms with Crippen molar-refractivity contribution in [3.8, 4) is 0 Å². The minimum atomic E-state index is -4.81. The lowest BCUT2D eigenvalue weighted by Gasteiger charge is -2.09. The van der Waals surface area contributed by atoms with Gasteiger partial charge in [0, 0.05) is 5.56 Å². The molecule has 1 aromatic rings. The summed E-state index contributed by atoms with van der Waals surface area (Å²) in [5.74, 6) is 0. The van der Waals surface area contributed by atoms with E-state index in [1.165, 1.54) is 24.3 Å². The summed E-state index contributed by atoms with van der Waals surface area (Å²) in [6.45, 7) is 1.71. The van der Waals surface area contributed by atoms with E-state index in [0.717, 1.165) is 5.56 Å². The molecule has 0 atom stereocenters. The van der Waals surface area contributed by atoms with Crippen molar-refractivity contribution in [2.24, 2.45) is 5.16 Å². The highest BCUT2D eigenvalue weighted by Crippen LogP contribution is 2.23. The number of rotatable bonds is 3. The van der Waals surface area contributed by atoms with Gasteiger partial charge in [-0.2, -0.15) is 21.6 Å². The summed E-state index contributed by atoms with van der Waals surface area (Å²) in [4.78, 5) is 0. The Balaban J connectivity index is 3.19. The molecule has 0 bridgehead atoms. The molecule has 18 heavy (non-hydrogen) atoms. The first-order valence-electron chi connectivity index (χ1n) is 4.70. The summed E-state index contributed by atoms with van der Waals surface area (Å²) in [6.07, 6.45) is -4.19. The summed E-state index contributed by atoms with van der Waals surface area (Å²) in [5.41, 5.74) is -0.894. The standard InChI is InChI=1S/C10H10F3NO3S/c1-7-3-5-8(6-4-7)9(10(11,12)13)14-17-18(2,15)16/h3-6H,1-2H3/b14-9+. The zero-order valence-electron chi connectivity index (χ0n) is 9.52. The fourth-order valence-electron chi connectivity index (χ4n) is 1.08. The molecule has 0 fully saturated rings. The second-order valence-corrected chi connectivity index (χ2v) is 5.14. The van der Waals surface area contributed by atoms with E-state index >= 15 is 0 Å². The number of nitrogens with zero attached hydrogens (tertiary/aromatic N) is 1. The van der Waals surface area contributed by atoms with Crippen LogP contribution in [-0.4, -0.2) is 26.6 Å². The van der Waals surface area contributed by atoms with Gasteiger partial charge in [-0.05, 0) is 6.92 Å². The van der Waals surface area contributed by atoms with Gasteiger partial charge in [-0.25, -0.2) is 0 Å². The van der Waals surface area contributed by atoms with Crippen molar-refractivity contribution in [1.29, 1.82) is 0 Å². The summed E-state index contributed by atoms with van der Waals surface area (Å²) >= 11 is 0. The molecule has 100 valence electrons. The van der Waals surface area contributed by atoms with Gasteiger partial charge in [0.1, 0.15) is 0 Å². The molecule has 4 nitrogen and oxygen atoms in total. The Kier molecular flexibility index (Phi) is 4.00. The lowest BCUT2D eigenvalue weighted by Crippen LogP contribution is -2.24. The van der Waals surface area contributed by atoms with E-state index in [1.54, 1.807) is 6.92 Å². The smallest absolute Gasteiger partial charge is 0.268 e. The van der Waals surface area contributed by atoms with Crippen molar-refractivity contribution in [3.05, 3.63) is 35.4 Å². The van der Waals surface area contributed by atoms with Crippen LogP contribution < -0.4 is 0 Å². The Morgan fingerprint density at radius 2 is 1.72 bits per heavy atom. The molecule has 0 aliphatic carbocycles. The number of aryl methyl sites for hydroxylation is 1. The summed E-state index contributed by atoms with van der Waals surface area (Å²) in [5, 5.41) is 2.67. The number of alkyl halides is 3. The molecule has 8 heteroatoms. The minimum absolute atomic E-state index is 0.267. The Morgan fingerprint density at radius 3 is 2.11 bits per heavy atom. The average molecular weight is 281 g/mol. The van der Waals surface area contributed by atoms with Crippen LogP contribution in [0.2, 0.25) is 0 Å². The van der Waals surface area contributed by atoms with Crippen LogP contribution in [0.25, 0.3) is 0 Å². The van der Waals surface area contributed by atoms with Gasteiger partial charge in [-0.1, -0.05) is 35.0 Å². The van der Waals surface area contributed by atoms with Crippen LogP contribution >= 0.6 is 0 Å². The maximum Gasteiger partial charge on any atom is 0.437 e. The molecule has 0 heterocycles. The van der Waals surface area contributed by atoms with Crippen LogP contribution in [0.4, 0.5) is 13.2 Å². The molecule has 1 aromatic carbocycles. The fraction of sp³-hybridized carbons (Fsp3) is 0.300. The maximum atomic E-state index is 12.7. The second-order valence-electron chi connectivity index (χ2n) is 3.58. The van der Waals surface area contributed by atoms with Crippen molar-refractivity contribution in [1.82, 2.24) is 0 Å². The van der Waals surface area contributed by atoms with Gasteiger partial charge in [0.05, 0.1) is 6.26 Å². The lowest BCUT2D eigenvalue weighted by molar-refractivity contribution is -0.0596. The van der Waals surface area contributed by atoms with E-state index in [2.05, 4.69) is 9.44 Å². The Morgan fingerprint density at radius 1 is 1.22 bits per heavy atom. The Labute approximate surface area is 102 Å². The van der Waals surface area contributed by atoms with Crippen LogP contribution in [0.15, 0.2) is 29.4 Å². The largest absolute Gasteiger partial charge is 0.437 e. The monoisotopic (exact) mass is 281 g/mol. The number of hydrogen-bond donors (Lipinski definition) is 0. The third-order valence-electron chi connectivity index (χ3n) is 1.86. The molecule has 0 amide bonds. The van der Waals surface area contributed by atoms with Crippen molar-refractivity contribution in [2.75, 3.05) is 6.26 Å². The first-order chi connectivity index (χ1) is 8.09. The third-order valence-corrected chi connectivity index (χ3v) is 2.20. The molecule has 0 spiro atoms. The molecule has 0 aromatic heterocycles. The van der Waals surface area contributed by atoms with Gasteiger partial charge in [0.2, 0.25) is 0 Å². The van der Waals surface area contributed by atoms with Crippen molar-refractivity contribution in [2.45, 2.75) is 13.1 Å². The van der Waals surface area contributed by atoms with E-state index in [-0.39, 0.29) is 5.56 Å². The van der Waals surface area contributed by atoms with E-state index in [1.807, 2.05) is 0 Å². The van der Waals surface area contributed by atoms with E-state index in [9.17, 15) is 21.6 Å². The van der Waals surface area contributed by atoms with Crippen LogP contribution in [0.5, 0.6) is 0 Å². The second kappa shape index (κ2) is 4.97. The van der Waals surface area contributed by atoms with Crippen LogP contribution in [0, 0.1) is 6.92 Å². The fourth-order valence-corrected chi connectivity index (χ4v) is 1.29. The van der Waals surface area contributed by atoms with Crippen molar-refractivity contribution < 1.29 is 25.9 Å².